The highest BCUT2D eigenvalue weighted by Crippen LogP contribution is 2.42. The highest BCUT2D eigenvalue weighted by Gasteiger charge is 2.46. The normalized spacial score (nSPS) is 34.2. The lowest BCUT2D eigenvalue weighted by Crippen LogP contribution is -2.65. The van der Waals surface area contributed by atoms with Crippen molar-refractivity contribution in [1.82, 2.24) is 10.2 Å². The molecule has 1 saturated heterocycles. The van der Waals surface area contributed by atoms with Crippen LogP contribution >= 0.6 is 0 Å². The van der Waals surface area contributed by atoms with E-state index >= 15 is 0 Å². The second-order valence-electron chi connectivity index (χ2n) is 8.81. The fourth-order valence-corrected chi connectivity index (χ4v) is 3.61. The molecule has 2 fully saturated rings. The Morgan fingerprint density at radius 1 is 1.30 bits per heavy atom. The number of hydrogen-bond donors (Lipinski definition) is 1. The summed E-state index contributed by atoms with van der Waals surface area (Å²) < 4.78 is 0. The van der Waals surface area contributed by atoms with E-state index in [0.717, 1.165) is 17.9 Å². The number of nitrogens with zero attached hydrogens (tertiary/aromatic N) is 1. The van der Waals surface area contributed by atoms with Crippen molar-refractivity contribution in [1.29, 1.82) is 0 Å². The molecule has 2 heteroatoms. The molecule has 0 aromatic rings. The summed E-state index contributed by atoms with van der Waals surface area (Å²) in [5, 5.41) is 3.91. The van der Waals surface area contributed by atoms with Crippen molar-refractivity contribution in [2.24, 2.45) is 17.3 Å². The molecule has 1 aliphatic heterocycles. The number of piperazine rings is 1. The molecule has 2 rings (SSSR count). The zero-order valence-electron chi connectivity index (χ0n) is 14.6. The third-order valence-electron chi connectivity index (χ3n) is 5.64. The maximum absolute atomic E-state index is 3.91. The van der Waals surface area contributed by atoms with Crippen molar-refractivity contribution in [3.8, 4) is 0 Å². The fourth-order valence-electron chi connectivity index (χ4n) is 3.61. The van der Waals surface area contributed by atoms with E-state index in [0.29, 0.717) is 11.0 Å². The van der Waals surface area contributed by atoms with Crippen LogP contribution in [0, 0.1) is 17.3 Å². The summed E-state index contributed by atoms with van der Waals surface area (Å²) in [7, 11) is 0. The van der Waals surface area contributed by atoms with Gasteiger partial charge in [-0.05, 0) is 50.0 Å². The maximum Gasteiger partial charge on any atom is 0.0309 e. The minimum atomic E-state index is 0.377. The van der Waals surface area contributed by atoms with Crippen molar-refractivity contribution < 1.29 is 0 Å². The predicted molar refractivity (Wildman–Crippen MR) is 88.0 cm³/mol. The largest absolute Gasteiger partial charge is 0.308 e. The summed E-state index contributed by atoms with van der Waals surface area (Å²) in [6, 6.07) is 0.731. The topological polar surface area (TPSA) is 15.3 Å². The average Bonchev–Trinajstić information content (AvgIpc) is 3.19. The van der Waals surface area contributed by atoms with E-state index in [2.05, 4.69) is 51.8 Å². The molecule has 3 unspecified atom stereocenters. The van der Waals surface area contributed by atoms with E-state index in [1.807, 2.05) is 0 Å². The van der Waals surface area contributed by atoms with Crippen LogP contribution < -0.4 is 5.32 Å². The highest BCUT2D eigenvalue weighted by atomic mass is 15.3. The van der Waals surface area contributed by atoms with Gasteiger partial charge >= 0.3 is 0 Å². The van der Waals surface area contributed by atoms with Gasteiger partial charge < -0.3 is 5.32 Å². The quantitative estimate of drug-likeness (QED) is 0.821. The third-order valence-corrected chi connectivity index (χ3v) is 5.64. The van der Waals surface area contributed by atoms with E-state index in [1.165, 1.54) is 45.3 Å². The first-order valence-electron chi connectivity index (χ1n) is 8.74. The standard InChI is InChI=1S/C18H36N2/c1-7-14(2)16-12-19-18(6,15-8-9-15)13-20(16)11-10-17(3,4)5/h14-16,19H,7-13H2,1-6H3. The SMILES string of the molecule is CCC(C)C1CNC(C)(C2CC2)CN1CCC(C)(C)C. The molecule has 1 heterocycles. The molecular formula is C18H36N2. The summed E-state index contributed by atoms with van der Waals surface area (Å²) in [5.74, 6) is 1.73. The first-order chi connectivity index (χ1) is 9.25. The Kier molecular flexibility index (Phi) is 4.86. The predicted octanol–water partition coefficient (Wildman–Crippen LogP) is 3.91. The summed E-state index contributed by atoms with van der Waals surface area (Å²) in [6.45, 7) is 18.0. The van der Waals surface area contributed by atoms with Crippen LogP contribution in [-0.2, 0) is 0 Å². The molecular weight excluding hydrogens is 244 g/mol. The van der Waals surface area contributed by atoms with Gasteiger partial charge in [0.25, 0.3) is 0 Å². The maximum atomic E-state index is 3.91. The molecule has 118 valence electrons. The van der Waals surface area contributed by atoms with Gasteiger partial charge in [-0.2, -0.15) is 0 Å². The van der Waals surface area contributed by atoms with E-state index in [9.17, 15) is 0 Å². The van der Waals surface area contributed by atoms with Crippen LogP contribution in [0.4, 0.5) is 0 Å². The first kappa shape index (κ1) is 16.3. The van der Waals surface area contributed by atoms with Gasteiger partial charge in [0, 0.05) is 24.7 Å². The van der Waals surface area contributed by atoms with Crippen molar-refractivity contribution in [2.45, 2.75) is 78.8 Å². The van der Waals surface area contributed by atoms with Crippen molar-refractivity contribution in [3.63, 3.8) is 0 Å². The molecule has 20 heavy (non-hydrogen) atoms. The average molecular weight is 280 g/mol. The Balaban J connectivity index is 2.02. The Morgan fingerprint density at radius 3 is 2.45 bits per heavy atom. The van der Waals surface area contributed by atoms with Gasteiger partial charge in [-0.15, -0.1) is 0 Å². The Labute approximate surface area is 126 Å². The highest BCUT2D eigenvalue weighted by molar-refractivity contribution is 5.04. The van der Waals surface area contributed by atoms with Crippen LogP contribution in [0.15, 0.2) is 0 Å². The van der Waals surface area contributed by atoms with E-state index in [1.54, 1.807) is 0 Å². The van der Waals surface area contributed by atoms with Crippen LogP contribution in [0.3, 0.4) is 0 Å². The summed E-state index contributed by atoms with van der Waals surface area (Å²) in [6.07, 6.45) is 5.47. The van der Waals surface area contributed by atoms with Crippen molar-refractivity contribution in [2.75, 3.05) is 19.6 Å². The van der Waals surface area contributed by atoms with Crippen LogP contribution in [0.2, 0.25) is 0 Å². The molecule has 0 amide bonds. The molecule has 0 bridgehead atoms. The molecule has 0 aromatic carbocycles. The summed E-state index contributed by atoms with van der Waals surface area (Å²) in [4.78, 5) is 2.81. The van der Waals surface area contributed by atoms with Crippen LogP contribution in [0.25, 0.3) is 0 Å². The van der Waals surface area contributed by atoms with Gasteiger partial charge in [0.1, 0.15) is 0 Å². The van der Waals surface area contributed by atoms with Gasteiger partial charge in [0.15, 0.2) is 0 Å². The lowest BCUT2D eigenvalue weighted by Gasteiger charge is -2.49. The second kappa shape index (κ2) is 5.96. The van der Waals surface area contributed by atoms with E-state index in [-0.39, 0.29) is 0 Å². The minimum Gasteiger partial charge on any atom is -0.308 e. The zero-order valence-corrected chi connectivity index (χ0v) is 14.6. The van der Waals surface area contributed by atoms with Crippen LogP contribution in [-0.4, -0.2) is 36.1 Å². The molecule has 3 atom stereocenters. The molecule has 1 N–H and O–H groups in total. The van der Waals surface area contributed by atoms with Crippen molar-refractivity contribution >= 4 is 0 Å². The molecule has 1 saturated carbocycles. The van der Waals surface area contributed by atoms with Crippen LogP contribution in [0.1, 0.15) is 67.2 Å². The lowest BCUT2D eigenvalue weighted by atomic mass is 9.85. The number of rotatable bonds is 5. The Bertz CT molecular complexity index is 316. The van der Waals surface area contributed by atoms with Gasteiger partial charge in [0.05, 0.1) is 0 Å². The van der Waals surface area contributed by atoms with Crippen molar-refractivity contribution in [3.05, 3.63) is 0 Å². The Hall–Kier alpha value is -0.0800. The smallest absolute Gasteiger partial charge is 0.0309 e. The Morgan fingerprint density at radius 2 is 1.95 bits per heavy atom. The summed E-state index contributed by atoms with van der Waals surface area (Å²) in [5.41, 5.74) is 0.822. The molecule has 1 aliphatic carbocycles. The number of nitrogens with one attached hydrogen (secondary N) is 1. The zero-order chi connectivity index (χ0) is 15.0. The first-order valence-corrected chi connectivity index (χ1v) is 8.74. The van der Waals surface area contributed by atoms with Gasteiger partial charge in [-0.1, -0.05) is 41.0 Å². The number of hydrogen-bond acceptors (Lipinski definition) is 2. The molecule has 0 radical (unpaired) electrons. The van der Waals surface area contributed by atoms with E-state index < -0.39 is 0 Å². The monoisotopic (exact) mass is 280 g/mol. The lowest BCUT2D eigenvalue weighted by molar-refractivity contribution is 0.0397. The summed E-state index contributed by atoms with van der Waals surface area (Å²) >= 11 is 0. The molecule has 0 spiro atoms. The minimum absolute atomic E-state index is 0.377. The van der Waals surface area contributed by atoms with E-state index in [4.69, 9.17) is 0 Å². The van der Waals surface area contributed by atoms with Gasteiger partial charge in [-0.3, -0.25) is 4.90 Å². The fraction of sp³-hybridized carbons (Fsp3) is 1.00. The van der Waals surface area contributed by atoms with Gasteiger partial charge in [-0.25, -0.2) is 0 Å². The molecule has 0 aromatic heterocycles. The third kappa shape index (κ3) is 3.98. The second-order valence-corrected chi connectivity index (χ2v) is 8.81. The molecule has 2 aliphatic rings. The van der Waals surface area contributed by atoms with Gasteiger partial charge in [0.2, 0.25) is 0 Å². The van der Waals surface area contributed by atoms with Crippen LogP contribution in [0.5, 0.6) is 0 Å². The molecule has 2 nitrogen and oxygen atoms in total.